The number of carbonyl (C=O) groups is 2. The summed E-state index contributed by atoms with van der Waals surface area (Å²) in [5.74, 6) is 1.08. The van der Waals surface area contributed by atoms with Gasteiger partial charge in [0.2, 0.25) is 11.8 Å². The van der Waals surface area contributed by atoms with E-state index in [2.05, 4.69) is 10.3 Å². The van der Waals surface area contributed by atoms with Crippen molar-refractivity contribution in [2.24, 2.45) is 0 Å². The first-order valence-corrected chi connectivity index (χ1v) is 11.3. The molecule has 1 fully saturated rings. The van der Waals surface area contributed by atoms with Crippen molar-refractivity contribution in [2.75, 3.05) is 27.9 Å². The van der Waals surface area contributed by atoms with Gasteiger partial charge in [0.05, 0.1) is 27.9 Å². The monoisotopic (exact) mass is 472 g/mol. The van der Waals surface area contributed by atoms with Crippen LogP contribution in [0.2, 0.25) is 0 Å². The average Bonchev–Trinajstić information content (AvgIpc) is 2.84. The summed E-state index contributed by atoms with van der Waals surface area (Å²) in [6.07, 6.45) is 1.62. The van der Waals surface area contributed by atoms with E-state index >= 15 is 0 Å². The molecular weight excluding hydrogens is 440 g/mol. The van der Waals surface area contributed by atoms with Crippen LogP contribution in [0, 0.1) is 0 Å². The Kier molecular flexibility index (Phi) is 8.56. The van der Waals surface area contributed by atoms with Crippen molar-refractivity contribution in [1.82, 2.24) is 10.3 Å². The van der Waals surface area contributed by atoms with Gasteiger partial charge >= 0.3 is 5.97 Å². The Morgan fingerprint density at radius 2 is 1.82 bits per heavy atom. The number of hydrogen-bond donors (Lipinski definition) is 1. The van der Waals surface area contributed by atoms with Crippen LogP contribution in [0.1, 0.15) is 54.9 Å². The van der Waals surface area contributed by atoms with E-state index in [-0.39, 0.29) is 35.8 Å². The molecule has 1 aliphatic carbocycles. The van der Waals surface area contributed by atoms with Gasteiger partial charge in [-0.2, -0.15) is 4.98 Å². The number of amides is 1. The lowest BCUT2D eigenvalue weighted by atomic mass is 9.78. The summed E-state index contributed by atoms with van der Waals surface area (Å²) in [5, 5.41) is 3.14. The topological polar surface area (TPSA) is 105 Å². The molecule has 1 heterocycles. The van der Waals surface area contributed by atoms with Crippen LogP contribution in [-0.2, 0) is 9.53 Å². The number of methoxy groups -OCH3 is 3. The smallest absolute Gasteiger partial charge is 0.302 e. The molecule has 0 saturated heterocycles. The lowest BCUT2D eigenvalue weighted by Crippen LogP contribution is -2.44. The maximum absolute atomic E-state index is 13.2. The molecule has 0 bridgehead atoms. The van der Waals surface area contributed by atoms with E-state index in [1.807, 2.05) is 25.1 Å². The van der Waals surface area contributed by atoms with Gasteiger partial charge in [-0.15, -0.1) is 0 Å². The second-order valence-corrected chi connectivity index (χ2v) is 7.98. The number of ether oxygens (including phenoxy) is 5. The molecule has 9 heteroatoms. The molecule has 1 aromatic carbocycles. The van der Waals surface area contributed by atoms with Gasteiger partial charge in [0, 0.05) is 24.9 Å². The molecule has 1 N–H and O–H groups in total. The lowest BCUT2D eigenvalue weighted by Gasteiger charge is -2.36. The van der Waals surface area contributed by atoms with E-state index < -0.39 is 0 Å². The number of nitrogens with zero attached hydrogens (tertiary/aromatic N) is 1. The Morgan fingerprint density at radius 1 is 1.03 bits per heavy atom. The maximum atomic E-state index is 13.2. The quantitative estimate of drug-likeness (QED) is 0.553. The predicted octanol–water partition coefficient (Wildman–Crippen LogP) is 3.50. The third kappa shape index (κ3) is 5.89. The number of esters is 1. The van der Waals surface area contributed by atoms with Gasteiger partial charge in [-0.3, -0.25) is 9.59 Å². The molecule has 1 aromatic heterocycles. The van der Waals surface area contributed by atoms with Crippen molar-refractivity contribution in [3.05, 3.63) is 41.5 Å². The number of benzene rings is 1. The van der Waals surface area contributed by atoms with E-state index in [4.69, 9.17) is 23.7 Å². The summed E-state index contributed by atoms with van der Waals surface area (Å²) in [7, 11) is 4.55. The van der Waals surface area contributed by atoms with Crippen molar-refractivity contribution in [2.45, 2.75) is 51.2 Å². The predicted molar refractivity (Wildman–Crippen MR) is 125 cm³/mol. The highest BCUT2D eigenvalue weighted by molar-refractivity contribution is 5.96. The van der Waals surface area contributed by atoms with E-state index in [0.29, 0.717) is 48.8 Å². The molecule has 34 heavy (non-hydrogen) atoms. The van der Waals surface area contributed by atoms with Crippen molar-refractivity contribution in [3.8, 4) is 23.3 Å². The molecule has 3 atom stereocenters. The van der Waals surface area contributed by atoms with Gasteiger partial charge in [-0.05, 0) is 49.9 Å². The average molecular weight is 473 g/mol. The third-order valence-electron chi connectivity index (χ3n) is 5.85. The van der Waals surface area contributed by atoms with Gasteiger partial charge in [-0.25, -0.2) is 0 Å². The third-order valence-corrected chi connectivity index (χ3v) is 5.85. The Morgan fingerprint density at radius 3 is 2.47 bits per heavy atom. The van der Waals surface area contributed by atoms with E-state index in [1.54, 1.807) is 19.2 Å². The number of aromatic nitrogens is 1. The summed E-state index contributed by atoms with van der Waals surface area (Å²) in [6, 6.07) is 8.78. The first-order chi connectivity index (χ1) is 16.4. The van der Waals surface area contributed by atoms with Gasteiger partial charge in [0.25, 0.3) is 5.91 Å². The summed E-state index contributed by atoms with van der Waals surface area (Å²) in [6.45, 7) is 3.81. The summed E-state index contributed by atoms with van der Waals surface area (Å²) >= 11 is 0. The molecule has 0 spiro atoms. The first kappa shape index (κ1) is 25.1. The van der Waals surface area contributed by atoms with E-state index in [0.717, 1.165) is 5.56 Å². The second kappa shape index (κ2) is 11.6. The van der Waals surface area contributed by atoms with Crippen LogP contribution in [0.4, 0.5) is 0 Å². The summed E-state index contributed by atoms with van der Waals surface area (Å²) in [4.78, 5) is 29.0. The molecule has 3 rings (SSSR count). The fourth-order valence-corrected chi connectivity index (χ4v) is 4.32. The molecule has 1 aliphatic rings. The molecule has 0 radical (unpaired) electrons. The lowest BCUT2D eigenvalue weighted by molar-refractivity contribution is -0.148. The molecule has 0 aliphatic heterocycles. The van der Waals surface area contributed by atoms with Crippen molar-refractivity contribution >= 4 is 11.9 Å². The number of hydrogen-bond acceptors (Lipinski definition) is 8. The fraction of sp³-hybridized carbons (Fsp3) is 0.480. The van der Waals surface area contributed by atoms with Crippen LogP contribution in [0.25, 0.3) is 0 Å². The standard InChI is InChI=1S/C25H32N2O7/c1-6-33-22-13-16(7-11-21(22)30-3)19-14-17(34-15(2)28)8-10-20(19)26-24(29)18-9-12-23(31-4)27-25(18)32-5/h7,9,11-13,17,19-20H,6,8,10,14H2,1-5H3,(H,26,29). The summed E-state index contributed by atoms with van der Waals surface area (Å²) in [5.41, 5.74) is 1.28. The van der Waals surface area contributed by atoms with Gasteiger partial charge < -0.3 is 29.0 Å². The fourth-order valence-electron chi connectivity index (χ4n) is 4.32. The zero-order valence-electron chi connectivity index (χ0n) is 20.3. The number of pyridine rings is 1. The Bertz CT molecular complexity index is 1010. The Balaban J connectivity index is 1.90. The minimum atomic E-state index is -0.315. The number of rotatable bonds is 9. The molecule has 184 valence electrons. The van der Waals surface area contributed by atoms with E-state index in [1.165, 1.54) is 21.1 Å². The Hall–Kier alpha value is -3.49. The Labute approximate surface area is 199 Å². The molecule has 9 nitrogen and oxygen atoms in total. The minimum absolute atomic E-state index is 0.107. The van der Waals surface area contributed by atoms with Gasteiger partial charge in [0.1, 0.15) is 11.7 Å². The van der Waals surface area contributed by atoms with Gasteiger partial charge in [-0.1, -0.05) is 6.07 Å². The van der Waals surface area contributed by atoms with Crippen LogP contribution in [-0.4, -0.2) is 56.9 Å². The van der Waals surface area contributed by atoms with Crippen molar-refractivity contribution < 1.29 is 33.3 Å². The van der Waals surface area contributed by atoms with Crippen LogP contribution < -0.4 is 24.3 Å². The highest BCUT2D eigenvalue weighted by atomic mass is 16.5. The number of carbonyl (C=O) groups excluding carboxylic acids is 2. The zero-order valence-corrected chi connectivity index (χ0v) is 20.3. The summed E-state index contributed by atoms with van der Waals surface area (Å²) < 4.78 is 27.1. The highest BCUT2D eigenvalue weighted by Gasteiger charge is 2.35. The molecule has 2 aromatic rings. The SMILES string of the molecule is CCOc1cc(C2CC(OC(C)=O)CCC2NC(=O)c2ccc(OC)nc2OC)ccc1OC. The largest absolute Gasteiger partial charge is 0.493 e. The van der Waals surface area contributed by atoms with Crippen molar-refractivity contribution in [1.29, 1.82) is 0 Å². The first-order valence-electron chi connectivity index (χ1n) is 11.3. The van der Waals surface area contributed by atoms with Crippen LogP contribution in [0.3, 0.4) is 0 Å². The minimum Gasteiger partial charge on any atom is -0.493 e. The maximum Gasteiger partial charge on any atom is 0.302 e. The molecule has 1 amide bonds. The van der Waals surface area contributed by atoms with Crippen molar-refractivity contribution in [3.63, 3.8) is 0 Å². The van der Waals surface area contributed by atoms with Crippen LogP contribution in [0.15, 0.2) is 30.3 Å². The van der Waals surface area contributed by atoms with E-state index in [9.17, 15) is 9.59 Å². The molecule has 1 saturated carbocycles. The zero-order chi connectivity index (χ0) is 24.7. The molecule has 3 unspecified atom stereocenters. The van der Waals surface area contributed by atoms with Crippen LogP contribution >= 0.6 is 0 Å². The highest BCUT2D eigenvalue weighted by Crippen LogP contribution is 2.39. The van der Waals surface area contributed by atoms with Crippen LogP contribution in [0.5, 0.6) is 23.3 Å². The van der Waals surface area contributed by atoms with Gasteiger partial charge in [0.15, 0.2) is 11.5 Å². The normalized spacial score (nSPS) is 19.6. The number of nitrogens with one attached hydrogen (secondary N) is 1. The second-order valence-electron chi connectivity index (χ2n) is 7.98. The molecular formula is C25H32N2O7.